The van der Waals surface area contributed by atoms with Crippen LogP contribution in [0.2, 0.25) is 0 Å². The summed E-state index contributed by atoms with van der Waals surface area (Å²) in [6, 6.07) is 5.73. The van der Waals surface area contributed by atoms with Crippen molar-refractivity contribution in [2.75, 3.05) is 6.54 Å². The lowest BCUT2D eigenvalue weighted by Crippen LogP contribution is -2.36. The highest BCUT2D eigenvalue weighted by molar-refractivity contribution is 5.94. The quantitative estimate of drug-likeness (QED) is 0.713. The van der Waals surface area contributed by atoms with E-state index in [1.54, 1.807) is 22.6 Å². The predicted octanol–water partition coefficient (Wildman–Crippen LogP) is 2.12. The van der Waals surface area contributed by atoms with E-state index in [1.807, 2.05) is 7.05 Å². The number of rotatable bonds is 2. The van der Waals surface area contributed by atoms with Gasteiger partial charge in [0.25, 0.3) is 11.8 Å². The van der Waals surface area contributed by atoms with E-state index in [2.05, 4.69) is 15.2 Å². The Morgan fingerprint density at radius 3 is 2.92 bits per heavy atom. The maximum absolute atomic E-state index is 13.4. The number of halogens is 1. The first-order valence-electron chi connectivity index (χ1n) is 7.93. The van der Waals surface area contributed by atoms with Gasteiger partial charge in [0, 0.05) is 36.8 Å². The molecule has 0 spiro atoms. The summed E-state index contributed by atoms with van der Waals surface area (Å²) in [5.74, 6) is 0.237. The molecule has 8 heteroatoms. The molecule has 25 heavy (non-hydrogen) atoms. The van der Waals surface area contributed by atoms with Gasteiger partial charge in [0.1, 0.15) is 5.82 Å². The van der Waals surface area contributed by atoms with Crippen LogP contribution >= 0.6 is 0 Å². The standard InChI is InChI=1S/C17H16FN5O2/c1-10-19-16(25-21-10)15-13-9-23(7-6-14(13)22(2)20-15)17(24)11-4-3-5-12(18)8-11/h3-5,8H,6-7,9H2,1-2H3. The lowest BCUT2D eigenvalue weighted by molar-refractivity contribution is 0.0733. The molecule has 0 bridgehead atoms. The monoisotopic (exact) mass is 341 g/mol. The van der Waals surface area contributed by atoms with Crippen LogP contribution in [0.15, 0.2) is 28.8 Å². The summed E-state index contributed by atoms with van der Waals surface area (Å²) in [5.41, 5.74) is 2.86. The van der Waals surface area contributed by atoms with Gasteiger partial charge in [-0.1, -0.05) is 11.2 Å². The summed E-state index contributed by atoms with van der Waals surface area (Å²) in [6.45, 7) is 2.65. The molecule has 2 aromatic heterocycles. The first-order chi connectivity index (χ1) is 12.0. The topological polar surface area (TPSA) is 77.0 Å². The van der Waals surface area contributed by atoms with Gasteiger partial charge in [-0.15, -0.1) is 0 Å². The highest BCUT2D eigenvalue weighted by Crippen LogP contribution is 2.29. The van der Waals surface area contributed by atoms with Crippen LogP contribution in [0.5, 0.6) is 0 Å². The number of aryl methyl sites for hydroxylation is 2. The highest BCUT2D eigenvalue weighted by Gasteiger charge is 2.29. The van der Waals surface area contributed by atoms with Crippen LogP contribution in [-0.4, -0.2) is 37.3 Å². The normalized spacial score (nSPS) is 13.8. The maximum Gasteiger partial charge on any atom is 0.278 e. The van der Waals surface area contributed by atoms with Crippen molar-refractivity contribution in [2.24, 2.45) is 7.05 Å². The van der Waals surface area contributed by atoms with Crippen LogP contribution < -0.4 is 0 Å². The van der Waals surface area contributed by atoms with Gasteiger partial charge in [0.2, 0.25) is 0 Å². The van der Waals surface area contributed by atoms with Gasteiger partial charge in [-0.3, -0.25) is 9.48 Å². The number of hydrogen-bond donors (Lipinski definition) is 0. The second-order valence-electron chi connectivity index (χ2n) is 6.03. The minimum Gasteiger partial charge on any atom is -0.334 e. The molecule has 1 aliphatic heterocycles. The molecule has 3 aromatic rings. The number of benzene rings is 1. The molecule has 0 fully saturated rings. The number of hydrogen-bond acceptors (Lipinski definition) is 5. The van der Waals surface area contributed by atoms with E-state index in [4.69, 9.17) is 4.52 Å². The molecule has 1 aromatic carbocycles. The van der Waals surface area contributed by atoms with Gasteiger partial charge in [-0.25, -0.2) is 4.39 Å². The molecule has 1 amide bonds. The Morgan fingerprint density at radius 1 is 1.36 bits per heavy atom. The number of carbonyl (C=O) groups is 1. The fourth-order valence-corrected chi connectivity index (χ4v) is 3.13. The van der Waals surface area contributed by atoms with Crippen LogP contribution in [0, 0.1) is 12.7 Å². The average Bonchev–Trinajstić information content (AvgIpc) is 3.17. The van der Waals surface area contributed by atoms with Crippen molar-refractivity contribution >= 4 is 5.91 Å². The van der Waals surface area contributed by atoms with Crippen molar-refractivity contribution in [3.8, 4) is 11.6 Å². The summed E-state index contributed by atoms with van der Waals surface area (Å²) < 4.78 is 20.4. The molecular formula is C17H16FN5O2. The van der Waals surface area contributed by atoms with E-state index in [0.717, 1.165) is 11.3 Å². The van der Waals surface area contributed by atoms with Crippen molar-refractivity contribution in [3.05, 3.63) is 52.7 Å². The number of amides is 1. The van der Waals surface area contributed by atoms with Crippen molar-refractivity contribution in [1.29, 1.82) is 0 Å². The third-order valence-electron chi connectivity index (χ3n) is 4.33. The second-order valence-corrected chi connectivity index (χ2v) is 6.03. The molecule has 0 atom stereocenters. The molecule has 7 nitrogen and oxygen atoms in total. The van der Waals surface area contributed by atoms with Crippen LogP contribution in [-0.2, 0) is 20.0 Å². The maximum atomic E-state index is 13.4. The van der Waals surface area contributed by atoms with Crippen molar-refractivity contribution in [1.82, 2.24) is 24.8 Å². The molecule has 1 aliphatic rings. The van der Waals surface area contributed by atoms with Crippen LogP contribution in [0.4, 0.5) is 4.39 Å². The third-order valence-corrected chi connectivity index (χ3v) is 4.33. The average molecular weight is 341 g/mol. The first-order valence-corrected chi connectivity index (χ1v) is 7.93. The molecule has 0 N–H and O–H groups in total. The van der Waals surface area contributed by atoms with Crippen molar-refractivity contribution in [2.45, 2.75) is 19.9 Å². The highest BCUT2D eigenvalue weighted by atomic mass is 19.1. The Hall–Kier alpha value is -3.03. The van der Waals surface area contributed by atoms with Crippen molar-refractivity contribution in [3.63, 3.8) is 0 Å². The molecule has 4 rings (SSSR count). The number of carbonyl (C=O) groups excluding carboxylic acids is 1. The lowest BCUT2D eigenvalue weighted by atomic mass is 10.0. The van der Waals surface area contributed by atoms with Crippen LogP contribution in [0.3, 0.4) is 0 Å². The summed E-state index contributed by atoms with van der Waals surface area (Å²) in [4.78, 5) is 18.6. The molecule has 0 aliphatic carbocycles. The zero-order valence-electron chi connectivity index (χ0n) is 13.9. The third kappa shape index (κ3) is 2.69. The minimum absolute atomic E-state index is 0.207. The van der Waals surface area contributed by atoms with Gasteiger partial charge in [-0.05, 0) is 25.1 Å². The molecule has 128 valence electrons. The Balaban J connectivity index is 1.68. The van der Waals surface area contributed by atoms with E-state index in [0.29, 0.717) is 42.5 Å². The number of nitrogens with zero attached hydrogens (tertiary/aromatic N) is 5. The van der Waals surface area contributed by atoms with Crippen LogP contribution in [0.25, 0.3) is 11.6 Å². The number of fused-ring (bicyclic) bond motifs is 1. The number of aromatic nitrogens is 4. The molecular weight excluding hydrogens is 325 g/mol. The van der Waals surface area contributed by atoms with E-state index >= 15 is 0 Å². The molecule has 0 radical (unpaired) electrons. The SMILES string of the molecule is Cc1noc(-c2nn(C)c3c2CN(C(=O)c2cccc(F)c2)CC3)n1. The molecule has 3 heterocycles. The summed E-state index contributed by atoms with van der Waals surface area (Å²) in [7, 11) is 1.86. The smallest absolute Gasteiger partial charge is 0.278 e. The fourth-order valence-electron chi connectivity index (χ4n) is 3.13. The first kappa shape index (κ1) is 15.5. The Morgan fingerprint density at radius 2 is 2.20 bits per heavy atom. The largest absolute Gasteiger partial charge is 0.334 e. The predicted molar refractivity (Wildman–Crippen MR) is 86.1 cm³/mol. The fraction of sp³-hybridized carbons (Fsp3) is 0.294. The van der Waals surface area contributed by atoms with E-state index < -0.39 is 5.82 Å². The summed E-state index contributed by atoms with van der Waals surface area (Å²) in [6.07, 6.45) is 0.660. The van der Waals surface area contributed by atoms with Gasteiger partial charge in [-0.2, -0.15) is 10.1 Å². The Bertz CT molecular complexity index is 962. The molecule has 0 saturated carbocycles. The Labute approximate surface area is 143 Å². The zero-order valence-corrected chi connectivity index (χ0v) is 13.9. The van der Waals surface area contributed by atoms with E-state index in [1.165, 1.54) is 18.2 Å². The lowest BCUT2D eigenvalue weighted by Gasteiger charge is -2.27. The van der Waals surface area contributed by atoms with Gasteiger partial charge < -0.3 is 9.42 Å². The summed E-state index contributed by atoms with van der Waals surface area (Å²) in [5, 5.41) is 8.28. The molecule has 0 unspecified atom stereocenters. The minimum atomic E-state index is -0.424. The van der Waals surface area contributed by atoms with E-state index in [-0.39, 0.29) is 5.91 Å². The van der Waals surface area contributed by atoms with Crippen LogP contribution in [0.1, 0.15) is 27.4 Å². The van der Waals surface area contributed by atoms with Gasteiger partial charge >= 0.3 is 0 Å². The van der Waals surface area contributed by atoms with Crippen molar-refractivity contribution < 1.29 is 13.7 Å². The van der Waals surface area contributed by atoms with Gasteiger partial charge in [0.15, 0.2) is 11.5 Å². The Kier molecular flexibility index (Phi) is 3.60. The summed E-state index contributed by atoms with van der Waals surface area (Å²) >= 11 is 0. The second kappa shape index (κ2) is 5.80. The van der Waals surface area contributed by atoms with E-state index in [9.17, 15) is 9.18 Å². The molecule has 0 saturated heterocycles. The van der Waals surface area contributed by atoms with Gasteiger partial charge in [0.05, 0.1) is 6.54 Å². The zero-order chi connectivity index (χ0) is 17.6.